The predicted molar refractivity (Wildman–Crippen MR) is 102 cm³/mol. The molecule has 0 amide bonds. The molecule has 1 aromatic carbocycles. The number of anilines is 2. The lowest BCUT2D eigenvalue weighted by Crippen LogP contribution is -2.27. The molecule has 2 heterocycles. The summed E-state index contributed by atoms with van der Waals surface area (Å²) in [7, 11) is 0. The number of nitrogens with zero attached hydrogens (tertiary/aromatic N) is 3. The van der Waals surface area contributed by atoms with Crippen molar-refractivity contribution in [1.82, 2.24) is 15.0 Å². The number of halogens is 2. The number of benzene rings is 1. The molecule has 0 bridgehead atoms. The standard InChI is InChI=1S/C20H21F2N5/c1-20(2,3)27-19-25-17(16-6-4-5-7-23-16)11-18(26-19)24-12-13-8-14(21)10-15(22)9-13/h4-11H,12H2,1-3H3,(H2,24,25,26,27). The van der Waals surface area contributed by atoms with E-state index < -0.39 is 11.6 Å². The molecule has 0 aliphatic heterocycles. The van der Waals surface area contributed by atoms with Gasteiger partial charge in [0.2, 0.25) is 5.95 Å². The van der Waals surface area contributed by atoms with E-state index in [0.29, 0.717) is 28.7 Å². The van der Waals surface area contributed by atoms with Gasteiger partial charge in [-0.2, -0.15) is 4.98 Å². The number of hydrogen-bond donors (Lipinski definition) is 2. The van der Waals surface area contributed by atoms with Crippen LogP contribution < -0.4 is 10.6 Å². The van der Waals surface area contributed by atoms with Gasteiger partial charge in [0.05, 0.1) is 11.4 Å². The SMILES string of the molecule is CC(C)(C)Nc1nc(NCc2cc(F)cc(F)c2)cc(-c2ccccn2)n1. The second kappa shape index (κ2) is 7.65. The molecule has 0 saturated carbocycles. The molecule has 0 saturated heterocycles. The third-order valence-corrected chi connectivity index (χ3v) is 3.54. The number of aromatic nitrogens is 3. The minimum absolute atomic E-state index is 0.225. The van der Waals surface area contributed by atoms with E-state index in [0.717, 1.165) is 6.07 Å². The van der Waals surface area contributed by atoms with Crippen molar-refractivity contribution >= 4 is 11.8 Å². The molecule has 3 aromatic rings. The number of rotatable bonds is 5. The molecule has 140 valence electrons. The van der Waals surface area contributed by atoms with Crippen molar-refractivity contribution < 1.29 is 8.78 Å². The average Bonchev–Trinajstić information content (AvgIpc) is 2.58. The van der Waals surface area contributed by atoms with Crippen LogP contribution in [-0.4, -0.2) is 20.5 Å². The molecule has 0 radical (unpaired) electrons. The maximum absolute atomic E-state index is 13.4. The van der Waals surface area contributed by atoms with E-state index in [-0.39, 0.29) is 12.1 Å². The molecular weight excluding hydrogens is 348 g/mol. The van der Waals surface area contributed by atoms with Crippen LogP contribution in [0.1, 0.15) is 26.3 Å². The summed E-state index contributed by atoms with van der Waals surface area (Å²) in [5.74, 6) is -0.252. The second-order valence-electron chi connectivity index (χ2n) is 7.18. The van der Waals surface area contributed by atoms with Gasteiger partial charge in [-0.3, -0.25) is 4.98 Å². The van der Waals surface area contributed by atoms with Crippen LogP contribution >= 0.6 is 0 Å². The van der Waals surface area contributed by atoms with Gasteiger partial charge in [-0.05, 0) is 50.6 Å². The summed E-state index contributed by atoms with van der Waals surface area (Å²) in [6, 6.07) is 10.7. The summed E-state index contributed by atoms with van der Waals surface area (Å²) < 4.78 is 26.8. The van der Waals surface area contributed by atoms with Crippen molar-refractivity contribution in [2.24, 2.45) is 0 Å². The first kappa shape index (κ1) is 18.7. The molecule has 2 aromatic heterocycles. The maximum Gasteiger partial charge on any atom is 0.225 e. The molecule has 27 heavy (non-hydrogen) atoms. The minimum Gasteiger partial charge on any atom is -0.366 e. The zero-order valence-electron chi connectivity index (χ0n) is 15.4. The Balaban J connectivity index is 1.89. The molecule has 0 aliphatic carbocycles. The molecule has 0 aliphatic rings. The van der Waals surface area contributed by atoms with Crippen molar-refractivity contribution in [1.29, 1.82) is 0 Å². The summed E-state index contributed by atoms with van der Waals surface area (Å²) in [6.45, 7) is 6.24. The molecular formula is C20H21F2N5. The summed E-state index contributed by atoms with van der Waals surface area (Å²) in [4.78, 5) is 13.3. The van der Waals surface area contributed by atoms with E-state index >= 15 is 0 Å². The third-order valence-electron chi connectivity index (χ3n) is 3.54. The Kier molecular flexibility index (Phi) is 5.30. The van der Waals surface area contributed by atoms with Gasteiger partial charge in [-0.1, -0.05) is 6.07 Å². The Morgan fingerprint density at radius 2 is 1.67 bits per heavy atom. The fraction of sp³-hybridized carbons (Fsp3) is 0.250. The monoisotopic (exact) mass is 369 g/mol. The highest BCUT2D eigenvalue weighted by Gasteiger charge is 2.14. The smallest absolute Gasteiger partial charge is 0.225 e. The number of pyridine rings is 1. The van der Waals surface area contributed by atoms with Crippen LogP contribution in [-0.2, 0) is 6.54 Å². The summed E-state index contributed by atoms with van der Waals surface area (Å²) in [5, 5.41) is 6.34. The zero-order chi connectivity index (χ0) is 19.4. The Hall–Kier alpha value is -3.09. The molecule has 0 fully saturated rings. The van der Waals surface area contributed by atoms with Crippen LogP contribution in [0.5, 0.6) is 0 Å². The molecule has 0 unspecified atom stereocenters. The third kappa shape index (κ3) is 5.44. The highest BCUT2D eigenvalue weighted by atomic mass is 19.1. The van der Waals surface area contributed by atoms with Crippen LogP contribution in [0.4, 0.5) is 20.5 Å². The quantitative estimate of drug-likeness (QED) is 0.686. The van der Waals surface area contributed by atoms with Gasteiger partial charge in [0.25, 0.3) is 0 Å². The van der Waals surface area contributed by atoms with E-state index in [1.807, 2.05) is 39.0 Å². The Morgan fingerprint density at radius 3 is 2.30 bits per heavy atom. The first-order chi connectivity index (χ1) is 12.8. The van der Waals surface area contributed by atoms with Gasteiger partial charge < -0.3 is 10.6 Å². The van der Waals surface area contributed by atoms with Crippen molar-refractivity contribution in [2.45, 2.75) is 32.9 Å². The largest absolute Gasteiger partial charge is 0.366 e. The molecule has 7 heteroatoms. The van der Waals surface area contributed by atoms with Gasteiger partial charge in [0.1, 0.15) is 17.5 Å². The van der Waals surface area contributed by atoms with Gasteiger partial charge in [0.15, 0.2) is 0 Å². The van der Waals surface area contributed by atoms with Crippen molar-refractivity contribution in [3.63, 3.8) is 0 Å². The molecule has 3 rings (SSSR count). The Bertz CT molecular complexity index is 903. The van der Waals surface area contributed by atoms with Crippen molar-refractivity contribution in [3.8, 4) is 11.4 Å². The Morgan fingerprint density at radius 1 is 0.926 bits per heavy atom. The molecule has 0 spiro atoms. The number of hydrogen-bond acceptors (Lipinski definition) is 5. The van der Waals surface area contributed by atoms with E-state index in [1.165, 1.54) is 12.1 Å². The molecule has 5 nitrogen and oxygen atoms in total. The van der Waals surface area contributed by atoms with Gasteiger partial charge in [-0.15, -0.1) is 0 Å². The summed E-state index contributed by atoms with van der Waals surface area (Å²) in [5.41, 5.74) is 1.60. The highest BCUT2D eigenvalue weighted by Crippen LogP contribution is 2.22. The zero-order valence-corrected chi connectivity index (χ0v) is 15.4. The van der Waals surface area contributed by atoms with Crippen LogP contribution in [0.25, 0.3) is 11.4 Å². The number of nitrogens with one attached hydrogen (secondary N) is 2. The fourth-order valence-corrected chi connectivity index (χ4v) is 2.48. The first-order valence-electron chi connectivity index (χ1n) is 8.56. The van der Waals surface area contributed by atoms with E-state index in [4.69, 9.17) is 0 Å². The van der Waals surface area contributed by atoms with E-state index in [1.54, 1.807) is 12.3 Å². The summed E-state index contributed by atoms with van der Waals surface area (Å²) in [6.07, 6.45) is 1.69. The van der Waals surface area contributed by atoms with Crippen LogP contribution in [0.15, 0.2) is 48.7 Å². The van der Waals surface area contributed by atoms with Crippen molar-refractivity contribution in [2.75, 3.05) is 10.6 Å². The molecule has 2 N–H and O–H groups in total. The van der Waals surface area contributed by atoms with Gasteiger partial charge >= 0.3 is 0 Å². The lowest BCUT2D eigenvalue weighted by Gasteiger charge is -2.21. The summed E-state index contributed by atoms with van der Waals surface area (Å²) >= 11 is 0. The van der Waals surface area contributed by atoms with E-state index in [9.17, 15) is 8.78 Å². The van der Waals surface area contributed by atoms with Crippen molar-refractivity contribution in [3.05, 3.63) is 65.9 Å². The van der Waals surface area contributed by atoms with E-state index in [2.05, 4.69) is 25.6 Å². The predicted octanol–water partition coefficient (Wildman–Crippen LogP) is 4.64. The first-order valence-corrected chi connectivity index (χ1v) is 8.56. The molecule has 0 atom stereocenters. The fourth-order valence-electron chi connectivity index (χ4n) is 2.48. The van der Waals surface area contributed by atoms with Gasteiger partial charge in [-0.25, -0.2) is 13.8 Å². The second-order valence-corrected chi connectivity index (χ2v) is 7.18. The average molecular weight is 369 g/mol. The topological polar surface area (TPSA) is 62.7 Å². The van der Waals surface area contributed by atoms with Crippen LogP contribution in [0.2, 0.25) is 0 Å². The van der Waals surface area contributed by atoms with Gasteiger partial charge in [0, 0.05) is 30.4 Å². The minimum atomic E-state index is -0.612. The Labute approximate surface area is 156 Å². The lowest BCUT2D eigenvalue weighted by atomic mass is 10.1. The normalized spacial score (nSPS) is 11.3. The van der Waals surface area contributed by atoms with Crippen LogP contribution in [0.3, 0.4) is 0 Å². The highest BCUT2D eigenvalue weighted by molar-refractivity contribution is 5.61. The van der Waals surface area contributed by atoms with Crippen LogP contribution in [0, 0.1) is 11.6 Å². The maximum atomic E-state index is 13.4. The lowest BCUT2D eigenvalue weighted by molar-refractivity contribution is 0.580.